The topological polar surface area (TPSA) is 87.3 Å². The predicted octanol–water partition coefficient (Wildman–Crippen LogP) is 3.11. The number of hydrogen-bond acceptors (Lipinski definition) is 4. The van der Waals surface area contributed by atoms with Gasteiger partial charge in [-0.25, -0.2) is 0 Å². The van der Waals surface area contributed by atoms with Gasteiger partial charge in [-0.05, 0) is 34.7 Å². The highest BCUT2D eigenvalue weighted by Gasteiger charge is 2.08. The monoisotopic (exact) mass is 421 g/mol. The molecule has 7 heteroatoms. The summed E-state index contributed by atoms with van der Waals surface area (Å²) in [6, 6.07) is 20.3. The van der Waals surface area contributed by atoms with E-state index in [0.717, 1.165) is 11.1 Å². The van der Waals surface area contributed by atoms with Crippen molar-refractivity contribution in [3.8, 4) is 0 Å². The number of rotatable bonds is 9. The summed E-state index contributed by atoms with van der Waals surface area (Å²) in [5, 5.41) is 10.3. The molecule has 0 saturated carbocycles. The van der Waals surface area contributed by atoms with E-state index in [0.29, 0.717) is 23.5 Å². The number of amides is 3. The van der Waals surface area contributed by atoms with Crippen LogP contribution in [0, 0.1) is 0 Å². The summed E-state index contributed by atoms with van der Waals surface area (Å²) in [6.07, 6.45) is 0.214. The Kier molecular flexibility index (Phi) is 7.74. The van der Waals surface area contributed by atoms with E-state index in [-0.39, 0.29) is 30.7 Å². The molecule has 2 aromatic carbocycles. The molecule has 154 valence electrons. The van der Waals surface area contributed by atoms with Gasteiger partial charge in [0, 0.05) is 31.6 Å². The Bertz CT molecular complexity index is 971. The highest BCUT2D eigenvalue weighted by molar-refractivity contribution is 7.12. The highest BCUT2D eigenvalue weighted by Crippen LogP contribution is 2.09. The van der Waals surface area contributed by atoms with Crippen LogP contribution in [0.1, 0.15) is 37.6 Å². The molecule has 0 saturated heterocycles. The second-order valence-corrected chi connectivity index (χ2v) is 7.57. The highest BCUT2D eigenvalue weighted by atomic mass is 32.1. The lowest BCUT2D eigenvalue weighted by molar-refractivity contribution is -0.121. The third-order valence-electron chi connectivity index (χ3n) is 4.38. The molecule has 6 nitrogen and oxygen atoms in total. The summed E-state index contributed by atoms with van der Waals surface area (Å²) in [5.74, 6) is -0.464. The van der Waals surface area contributed by atoms with E-state index in [1.165, 1.54) is 11.3 Å². The summed E-state index contributed by atoms with van der Waals surface area (Å²) in [4.78, 5) is 36.7. The zero-order valence-corrected chi connectivity index (χ0v) is 17.2. The van der Waals surface area contributed by atoms with Gasteiger partial charge in [0.15, 0.2) is 0 Å². The van der Waals surface area contributed by atoms with Crippen LogP contribution in [0.5, 0.6) is 0 Å². The molecule has 3 aromatic rings. The molecule has 0 bridgehead atoms. The third-order valence-corrected chi connectivity index (χ3v) is 5.25. The van der Waals surface area contributed by atoms with Crippen LogP contribution in [0.2, 0.25) is 0 Å². The van der Waals surface area contributed by atoms with Gasteiger partial charge in [0.25, 0.3) is 11.8 Å². The van der Waals surface area contributed by atoms with E-state index in [2.05, 4.69) is 16.0 Å². The second kappa shape index (κ2) is 10.9. The third kappa shape index (κ3) is 6.56. The van der Waals surface area contributed by atoms with Crippen molar-refractivity contribution in [3.63, 3.8) is 0 Å². The van der Waals surface area contributed by atoms with Gasteiger partial charge in [-0.3, -0.25) is 14.4 Å². The van der Waals surface area contributed by atoms with Crippen molar-refractivity contribution in [2.24, 2.45) is 0 Å². The molecule has 3 amide bonds. The molecule has 0 radical (unpaired) electrons. The molecular formula is C23H23N3O3S. The van der Waals surface area contributed by atoms with Crippen molar-refractivity contribution in [3.05, 3.63) is 93.7 Å². The van der Waals surface area contributed by atoms with Crippen LogP contribution in [0.4, 0.5) is 0 Å². The average molecular weight is 422 g/mol. The van der Waals surface area contributed by atoms with Crippen LogP contribution in [0.25, 0.3) is 0 Å². The van der Waals surface area contributed by atoms with Gasteiger partial charge in [0.1, 0.15) is 0 Å². The van der Waals surface area contributed by atoms with Crippen LogP contribution in [0.15, 0.2) is 72.1 Å². The fourth-order valence-electron chi connectivity index (χ4n) is 2.73. The van der Waals surface area contributed by atoms with Crippen molar-refractivity contribution in [2.75, 3.05) is 6.54 Å². The maximum Gasteiger partial charge on any atom is 0.261 e. The Hall–Kier alpha value is -3.45. The first-order valence-corrected chi connectivity index (χ1v) is 10.5. The largest absolute Gasteiger partial charge is 0.352 e. The Balaban J connectivity index is 1.37. The van der Waals surface area contributed by atoms with E-state index in [9.17, 15) is 14.4 Å². The lowest BCUT2D eigenvalue weighted by atomic mass is 10.1. The maximum absolute atomic E-state index is 12.2. The number of thiophene rings is 1. The van der Waals surface area contributed by atoms with E-state index in [1.54, 1.807) is 30.3 Å². The maximum atomic E-state index is 12.2. The van der Waals surface area contributed by atoms with Crippen molar-refractivity contribution in [1.82, 2.24) is 16.0 Å². The van der Waals surface area contributed by atoms with Crippen LogP contribution in [-0.4, -0.2) is 24.3 Å². The summed E-state index contributed by atoms with van der Waals surface area (Å²) in [6.45, 7) is 1.12. The minimum Gasteiger partial charge on any atom is -0.352 e. The normalized spacial score (nSPS) is 10.3. The van der Waals surface area contributed by atoms with Gasteiger partial charge < -0.3 is 16.0 Å². The molecule has 3 N–H and O–H groups in total. The average Bonchev–Trinajstić information content (AvgIpc) is 3.32. The van der Waals surface area contributed by atoms with Gasteiger partial charge >= 0.3 is 0 Å². The molecule has 3 rings (SSSR count). The molecule has 1 aromatic heterocycles. The molecule has 0 unspecified atom stereocenters. The summed E-state index contributed by atoms with van der Waals surface area (Å²) in [7, 11) is 0. The van der Waals surface area contributed by atoms with Crippen LogP contribution >= 0.6 is 11.3 Å². The molecule has 0 aliphatic rings. The Morgan fingerprint density at radius 3 is 2.10 bits per heavy atom. The molecule has 0 fully saturated rings. The van der Waals surface area contributed by atoms with Gasteiger partial charge in [0.05, 0.1) is 4.88 Å². The molecule has 0 spiro atoms. The van der Waals surface area contributed by atoms with E-state index >= 15 is 0 Å². The second-order valence-electron chi connectivity index (χ2n) is 6.63. The number of nitrogens with one attached hydrogen (secondary N) is 3. The fourth-order valence-corrected chi connectivity index (χ4v) is 3.37. The molecule has 0 aliphatic heterocycles. The minimum absolute atomic E-state index is 0.114. The van der Waals surface area contributed by atoms with E-state index in [1.807, 2.05) is 41.8 Å². The Morgan fingerprint density at radius 2 is 1.40 bits per heavy atom. The standard InChI is InChI=1S/C23H23N3O3S/c27-21(25-15-17-5-2-1-3-6-17)12-13-24-22(28)19-10-8-18(9-11-19)16-26-23(29)20-7-4-14-30-20/h1-11,14H,12-13,15-16H2,(H,24,28)(H,25,27)(H,26,29). The zero-order chi connectivity index (χ0) is 21.2. The number of carbonyl (C=O) groups excluding carboxylic acids is 3. The fraction of sp³-hybridized carbons (Fsp3) is 0.174. The number of hydrogen-bond donors (Lipinski definition) is 3. The molecule has 30 heavy (non-hydrogen) atoms. The lowest BCUT2D eigenvalue weighted by Crippen LogP contribution is -2.30. The van der Waals surface area contributed by atoms with E-state index < -0.39 is 0 Å². The molecule has 0 atom stereocenters. The first kappa shape index (κ1) is 21.3. The van der Waals surface area contributed by atoms with Gasteiger partial charge in [-0.1, -0.05) is 48.5 Å². The van der Waals surface area contributed by atoms with Gasteiger partial charge in [-0.15, -0.1) is 11.3 Å². The number of benzene rings is 2. The molecule has 0 aliphatic carbocycles. The SMILES string of the molecule is O=C(CCNC(=O)c1ccc(CNC(=O)c2cccs2)cc1)NCc1ccccc1. The van der Waals surface area contributed by atoms with Crippen LogP contribution < -0.4 is 16.0 Å². The van der Waals surface area contributed by atoms with Gasteiger partial charge in [0.2, 0.25) is 5.91 Å². The summed E-state index contributed by atoms with van der Waals surface area (Å²) < 4.78 is 0. The van der Waals surface area contributed by atoms with Crippen molar-refractivity contribution in [1.29, 1.82) is 0 Å². The molecule has 1 heterocycles. The summed E-state index contributed by atoms with van der Waals surface area (Å²) >= 11 is 1.39. The minimum atomic E-state index is -0.236. The van der Waals surface area contributed by atoms with Crippen LogP contribution in [-0.2, 0) is 17.9 Å². The first-order valence-electron chi connectivity index (χ1n) is 9.61. The smallest absolute Gasteiger partial charge is 0.261 e. The van der Waals surface area contributed by atoms with Crippen molar-refractivity contribution < 1.29 is 14.4 Å². The van der Waals surface area contributed by atoms with Crippen molar-refractivity contribution >= 4 is 29.1 Å². The number of carbonyl (C=O) groups is 3. The lowest BCUT2D eigenvalue weighted by Gasteiger charge is -2.08. The van der Waals surface area contributed by atoms with Crippen LogP contribution in [0.3, 0.4) is 0 Å². The zero-order valence-electron chi connectivity index (χ0n) is 16.4. The Morgan fingerprint density at radius 1 is 0.700 bits per heavy atom. The first-order chi connectivity index (χ1) is 14.6. The molecular weight excluding hydrogens is 398 g/mol. The van der Waals surface area contributed by atoms with E-state index in [4.69, 9.17) is 0 Å². The predicted molar refractivity (Wildman–Crippen MR) is 117 cm³/mol. The summed E-state index contributed by atoms with van der Waals surface area (Å²) in [5.41, 5.74) is 2.44. The van der Waals surface area contributed by atoms with Crippen molar-refractivity contribution in [2.45, 2.75) is 19.5 Å². The quantitative estimate of drug-likeness (QED) is 0.496. The van der Waals surface area contributed by atoms with Gasteiger partial charge in [-0.2, -0.15) is 0 Å². The Labute approximate surface area is 179 Å².